The molecule has 3 heteroatoms. The molecule has 0 heterocycles. The van der Waals surface area contributed by atoms with E-state index in [1.54, 1.807) is 0 Å². The molecule has 1 atom stereocenters. The van der Waals surface area contributed by atoms with Crippen molar-refractivity contribution >= 4 is 0 Å². The van der Waals surface area contributed by atoms with Crippen molar-refractivity contribution in [1.29, 1.82) is 0 Å². The third-order valence-electron chi connectivity index (χ3n) is 2.02. The third kappa shape index (κ3) is 8.48. The van der Waals surface area contributed by atoms with Crippen LogP contribution in [0.2, 0.25) is 0 Å². The summed E-state index contributed by atoms with van der Waals surface area (Å²) in [5.74, 6) is 0. The molecule has 0 spiro atoms. The Kier molecular flexibility index (Phi) is 10.9. The zero-order chi connectivity index (χ0) is 10.6. The molecule has 0 aromatic rings. The first kappa shape index (κ1) is 13.9. The predicted octanol–water partition coefficient (Wildman–Crippen LogP) is 1.82. The van der Waals surface area contributed by atoms with Crippen LogP contribution >= 0.6 is 0 Å². The highest BCUT2D eigenvalue weighted by molar-refractivity contribution is 4.60. The summed E-state index contributed by atoms with van der Waals surface area (Å²) in [5.41, 5.74) is 0. The number of hydrogen-bond donors (Lipinski definition) is 1. The van der Waals surface area contributed by atoms with Gasteiger partial charge in [-0.25, -0.2) is 0 Å². The SMILES string of the molecule is CCCC(CNCC)OCCOCC. The van der Waals surface area contributed by atoms with Crippen LogP contribution in [-0.4, -0.2) is 39.0 Å². The molecule has 0 saturated carbocycles. The molecule has 3 nitrogen and oxygen atoms in total. The van der Waals surface area contributed by atoms with E-state index < -0.39 is 0 Å². The number of nitrogens with one attached hydrogen (secondary N) is 1. The van der Waals surface area contributed by atoms with Gasteiger partial charge in [-0.1, -0.05) is 20.3 Å². The minimum absolute atomic E-state index is 0.348. The molecule has 0 fully saturated rings. The fraction of sp³-hybridized carbons (Fsp3) is 1.00. The second kappa shape index (κ2) is 11.0. The summed E-state index contributed by atoms with van der Waals surface area (Å²) < 4.78 is 10.9. The average Bonchev–Trinajstić information content (AvgIpc) is 2.20. The smallest absolute Gasteiger partial charge is 0.0704 e. The maximum atomic E-state index is 5.70. The summed E-state index contributed by atoms with van der Waals surface area (Å²) in [4.78, 5) is 0. The fourth-order valence-corrected chi connectivity index (χ4v) is 1.29. The third-order valence-corrected chi connectivity index (χ3v) is 2.02. The first-order chi connectivity index (χ1) is 6.85. The van der Waals surface area contributed by atoms with Crippen LogP contribution < -0.4 is 5.32 Å². The van der Waals surface area contributed by atoms with Crippen molar-refractivity contribution in [2.24, 2.45) is 0 Å². The van der Waals surface area contributed by atoms with Crippen LogP contribution in [0.3, 0.4) is 0 Å². The Bertz CT molecular complexity index is 109. The van der Waals surface area contributed by atoms with E-state index in [1.165, 1.54) is 6.42 Å². The molecule has 0 radical (unpaired) electrons. The van der Waals surface area contributed by atoms with Gasteiger partial charge in [0.1, 0.15) is 0 Å². The molecular weight excluding hydrogens is 178 g/mol. The molecule has 86 valence electrons. The molecule has 0 rings (SSSR count). The molecule has 0 bridgehead atoms. The van der Waals surface area contributed by atoms with E-state index >= 15 is 0 Å². The van der Waals surface area contributed by atoms with Gasteiger partial charge in [0, 0.05) is 13.2 Å². The first-order valence-corrected chi connectivity index (χ1v) is 5.75. The molecule has 0 aromatic heterocycles. The zero-order valence-electron chi connectivity index (χ0n) is 9.84. The number of likely N-dealkylation sites (N-methyl/N-ethyl adjacent to an activating group) is 1. The molecule has 0 aliphatic carbocycles. The Morgan fingerprint density at radius 2 is 1.93 bits per heavy atom. The van der Waals surface area contributed by atoms with Crippen molar-refractivity contribution in [1.82, 2.24) is 5.32 Å². The van der Waals surface area contributed by atoms with Crippen LogP contribution in [0.15, 0.2) is 0 Å². The van der Waals surface area contributed by atoms with E-state index in [0.29, 0.717) is 19.3 Å². The van der Waals surface area contributed by atoms with Gasteiger partial charge in [0.05, 0.1) is 19.3 Å². The standard InChI is InChI=1S/C11H25NO2/c1-4-7-11(10-12-5-2)14-9-8-13-6-3/h11-12H,4-10H2,1-3H3. The van der Waals surface area contributed by atoms with Crippen LogP contribution in [0, 0.1) is 0 Å². The predicted molar refractivity (Wildman–Crippen MR) is 59.7 cm³/mol. The van der Waals surface area contributed by atoms with Crippen LogP contribution in [0.25, 0.3) is 0 Å². The van der Waals surface area contributed by atoms with Crippen LogP contribution in [-0.2, 0) is 9.47 Å². The Morgan fingerprint density at radius 1 is 1.14 bits per heavy atom. The average molecular weight is 203 g/mol. The van der Waals surface area contributed by atoms with E-state index in [-0.39, 0.29) is 0 Å². The quantitative estimate of drug-likeness (QED) is 0.549. The second-order valence-electron chi connectivity index (χ2n) is 3.29. The van der Waals surface area contributed by atoms with Crippen LogP contribution in [0.5, 0.6) is 0 Å². The molecule has 14 heavy (non-hydrogen) atoms. The summed E-state index contributed by atoms with van der Waals surface area (Å²) >= 11 is 0. The lowest BCUT2D eigenvalue weighted by Gasteiger charge is -2.17. The minimum atomic E-state index is 0.348. The number of ether oxygens (including phenoxy) is 2. The lowest BCUT2D eigenvalue weighted by Crippen LogP contribution is -2.30. The molecule has 0 amide bonds. The maximum Gasteiger partial charge on any atom is 0.0704 e. The van der Waals surface area contributed by atoms with E-state index in [4.69, 9.17) is 9.47 Å². The maximum absolute atomic E-state index is 5.70. The summed E-state index contributed by atoms with van der Waals surface area (Å²) in [7, 11) is 0. The molecule has 0 saturated heterocycles. The molecule has 0 aromatic carbocycles. The van der Waals surface area contributed by atoms with Crippen LogP contribution in [0.4, 0.5) is 0 Å². The van der Waals surface area contributed by atoms with Gasteiger partial charge in [-0.15, -0.1) is 0 Å². The van der Waals surface area contributed by atoms with Crippen molar-refractivity contribution in [2.45, 2.75) is 39.7 Å². The van der Waals surface area contributed by atoms with E-state index in [1.807, 2.05) is 6.92 Å². The van der Waals surface area contributed by atoms with Gasteiger partial charge in [-0.05, 0) is 19.9 Å². The van der Waals surface area contributed by atoms with Gasteiger partial charge in [-0.3, -0.25) is 0 Å². The van der Waals surface area contributed by atoms with Gasteiger partial charge in [0.25, 0.3) is 0 Å². The van der Waals surface area contributed by atoms with Crippen molar-refractivity contribution in [3.05, 3.63) is 0 Å². The van der Waals surface area contributed by atoms with Crippen molar-refractivity contribution in [3.63, 3.8) is 0 Å². The Labute approximate surface area is 88.2 Å². The topological polar surface area (TPSA) is 30.5 Å². The van der Waals surface area contributed by atoms with E-state index in [2.05, 4.69) is 19.2 Å². The largest absolute Gasteiger partial charge is 0.379 e. The molecule has 0 aliphatic rings. The van der Waals surface area contributed by atoms with Gasteiger partial charge < -0.3 is 14.8 Å². The van der Waals surface area contributed by atoms with Crippen molar-refractivity contribution in [3.8, 4) is 0 Å². The first-order valence-electron chi connectivity index (χ1n) is 5.75. The lowest BCUT2D eigenvalue weighted by molar-refractivity contribution is 0.00444. The van der Waals surface area contributed by atoms with Crippen LogP contribution in [0.1, 0.15) is 33.6 Å². The summed E-state index contributed by atoms with van der Waals surface area (Å²) in [6.45, 7) is 10.5. The normalized spacial score (nSPS) is 13.1. The van der Waals surface area contributed by atoms with Crippen molar-refractivity contribution < 1.29 is 9.47 Å². The fourth-order valence-electron chi connectivity index (χ4n) is 1.29. The molecule has 1 unspecified atom stereocenters. The molecule has 1 N–H and O–H groups in total. The van der Waals surface area contributed by atoms with E-state index in [9.17, 15) is 0 Å². The van der Waals surface area contributed by atoms with Gasteiger partial charge in [0.15, 0.2) is 0 Å². The Hall–Kier alpha value is -0.120. The van der Waals surface area contributed by atoms with Gasteiger partial charge in [-0.2, -0.15) is 0 Å². The minimum Gasteiger partial charge on any atom is -0.379 e. The Morgan fingerprint density at radius 3 is 2.50 bits per heavy atom. The second-order valence-corrected chi connectivity index (χ2v) is 3.29. The highest BCUT2D eigenvalue weighted by atomic mass is 16.5. The Balaban J connectivity index is 3.40. The molecular formula is C11H25NO2. The zero-order valence-corrected chi connectivity index (χ0v) is 9.84. The summed E-state index contributed by atoms with van der Waals surface area (Å²) in [6, 6.07) is 0. The van der Waals surface area contributed by atoms with E-state index in [0.717, 1.165) is 26.1 Å². The molecule has 0 aliphatic heterocycles. The van der Waals surface area contributed by atoms with Crippen molar-refractivity contribution in [2.75, 3.05) is 32.9 Å². The summed E-state index contributed by atoms with van der Waals surface area (Å²) in [5, 5.41) is 3.31. The number of hydrogen-bond acceptors (Lipinski definition) is 3. The monoisotopic (exact) mass is 203 g/mol. The number of rotatable bonds is 10. The summed E-state index contributed by atoms with van der Waals surface area (Å²) in [6.07, 6.45) is 2.64. The highest BCUT2D eigenvalue weighted by Gasteiger charge is 2.06. The van der Waals surface area contributed by atoms with Gasteiger partial charge in [0.2, 0.25) is 0 Å². The highest BCUT2D eigenvalue weighted by Crippen LogP contribution is 2.00. The van der Waals surface area contributed by atoms with Gasteiger partial charge >= 0.3 is 0 Å². The lowest BCUT2D eigenvalue weighted by atomic mass is 10.2.